The molecule has 0 saturated carbocycles. The zero-order valence-corrected chi connectivity index (χ0v) is 14.5. The molecule has 3 nitrogen and oxygen atoms in total. The van der Waals surface area contributed by atoms with Crippen molar-refractivity contribution in [2.45, 2.75) is 45.8 Å². The second-order valence-corrected chi connectivity index (χ2v) is 6.78. The van der Waals surface area contributed by atoms with Crippen LogP contribution in [0.25, 0.3) is 0 Å². The molecular formula is C18H31N3. The molecule has 1 aliphatic rings. The molecule has 118 valence electrons. The van der Waals surface area contributed by atoms with Gasteiger partial charge in [0.15, 0.2) is 0 Å². The summed E-state index contributed by atoms with van der Waals surface area (Å²) in [5.74, 6) is 0. The first kappa shape index (κ1) is 16.5. The minimum absolute atomic E-state index is 0.411. The minimum atomic E-state index is 0.411. The van der Waals surface area contributed by atoms with E-state index in [0.717, 1.165) is 19.6 Å². The van der Waals surface area contributed by atoms with Gasteiger partial charge >= 0.3 is 0 Å². The molecule has 0 aromatic heterocycles. The topological polar surface area (TPSA) is 18.5 Å². The molecule has 3 heteroatoms. The summed E-state index contributed by atoms with van der Waals surface area (Å²) in [6, 6.07) is 8.47. The van der Waals surface area contributed by atoms with E-state index in [4.69, 9.17) is 0 Å². The molecule has 1 heterocycles. The summed E-state index contributed by atoms with van der Waals surface area (Å²) in [7, 11) is 4.32. The van der Waals surface area contributed by atoms with Gasteiger partial charge in [0.05, 0.1) is 0 Å². The Kier molecular flexibility index (Phi) is 5.42. The average Bonchev–Trinajstić information content (AvgIpc) is 2.42. The van der Waals surface area contributed by atoms with E-state index in [9.17, 15) is 0 Å². The van der Waals surface area contributed by atoms with Crippen LogP contribution in [0.4, 0.5) is 0 Å². The fourth-order valence-corrected chi connectivity index (χ4v) is 3.48. The largest absolute Gasteiger partial charge is 0.312 e. The molecule has 0 spiro atoms. The number of aryl methyl sites for hydroxylation is 2. The van der Waals surface area contributed by atoms with E-state index in [1.165, 1.54) is 16.7 Å². The van der Waals surface area contributed by atoms with Crippen LogP contribution in [0.3, 0.4) is 0 Å². The molecule has 1 saturated heterocycles. The van der Waals surface area contributed by atoms with Crippen LogP contribution in [0.1, 0.15) is 36.6 Å². The highest BCUT2D eigenvalue weighted by atomic mass is 15.3. The quantitative estimate of drug-likeness (QED) is 0.919. The highest BCUT2D eigenvalue weighted by Crippen LogP contribution is 2.22. The SMILES string of the molecule is CNC(CN1CC(C)N(C)C(C)C1)c1ccc(C)cc1C. The van der Waals surface area contributed by atoms with Crippen LogP contribution in [0.15, 0.2) is 18.2 Å². The number of benzene rings is 1. The van der Waals surface area contributed by atoms with Crippen LogP contribution >= 0.6 is 0 Å². The van der Waals surface area contributed by atoms with Gasteiger partial charge in [-0.1, -0.05) is 23.8 Å². The highest BCUT2D eigenvalue weighted by molar-refractivity contribution is 5.33. The maximum absolute atomic E-state index is 3.51. The number of nitrogens with one attached hydrogen (secondary N) is 1. The molecule has 1 aromatic carbocycles. The van der Waals surface area contributed by atoms with Crippen LogP contribution in [-0.4, -0.2) is 55.6 Å². The van der Waals surface area contributed by atoms with Crippen molar-refractivity contribution in [1.82, 2.24) is 15.1 Å². The van der Waals surface area contributed by atoms with Crippen molar-refractivity contribution < 1.29 is 0 Å². The Bertz CT molecular complexity index is 460. The van der Waals surface area contributed by atoms with E-state index >= 15 is 0 Å². The zero-order valence-electron chi connectivity index (χ0n) is 14.5. The summed E-state index contributed by atoms with van der Waals surface area (Å²) in [4.78, 5) is 5.10. The highest BCUT2D eigenvalue weighted by Gasteiger charge is 2.28. The molecule has 21 heavy (non-hydrogen) atoms. The van der Waals surface area contributed by atoms with Gasteiger partial charge in [0, 0.05) is 37.8 Å². The first-order chi connectivity index (χ1) is 9.92. The Morgan fingerprint density at radius 1 is 1.19 bits per heavy atom. The lowest BCUT2D eigenvalue weighted by atomic mass is 9.98. The lowest BCUT2D eigenvalue weighted by molar-refractivity contribution is 0.0547. The number of nitrogens with zero attached hydrogens (tertiary/aromatic N) is 2. The number of likely N-dealkylation sites (N-methyl/N-ethyl adjacent to an activating group) is 2. The fraction of sp³-hybridized carbons (Fsp3) is 0.667. The van der Waals surface area contributed by atoms with E-state index in [-0.39, 0.29) is 0 Å². The van der Waals surface area contributed by atoms with Gasteiger partial charge in [0.2, 0.25) is 0 Å². The van der Waals surface area contributed by atoms with Crippen LogP contribution in [0.5, 0.6) is 0 Å². The summed E-state index contributed by atoms with van der Waals surface area (Å²) >= 11 is 0. The third kappa shape index (κ3) is 3.85. The summed E-state index contributed by atoms with van der Waals surface area (Å²) in [6.07, 6.45) is 0. The fourth-order valence-electron chi connectivity index (χ4n) is 3.48. The Labute approximate surface area is 130 Å². The van der Waals surface area contributed by atoms with E-state index in [1.807, 2.05) is 0 Å². The van der Waals surface area contributed by atoms with Gasteiger partial charge in [0.1, 0.15) is 0 Å². The van der Waals surface area contributed by atoms with Gasteiger partial charge in [-0.3, -0.25) is 9.80 Å². The third-order valence-corrected chi connectivity index (χ3v) is 5.03. The normalized spacial score (nSPS) is 26.0. The van der Waals surface area contributed by atoms with Crippen molar-refractivity contribution in [2.75, 3.05) is 33.7 Å². The van der Waals surface area contributed by atoms with Crippen molar-refractivity contribution in [3.63, 3.8) is 0 Å². The molecule has 1 aromatic rings. The van der Waals surface area contributed by atoms with Crippen LogP contribution in [0.2, 0.25) is 0 Å². The molecule has 1 N–H and O–H groups in total. The van der Waals surface area contributed by atoms with Crippen molar-refractivity contribution in [3.8, 4) is 0 Å². The molecule has 0 aliphatic carbocycles. The van der Waals surface area contributed by atoms with E-state index < -0.39 is 0 Å². The van der Waals surface area contributed by atoms with Crippen molar-refractivity contribution in [2.24, 2.45) is 0 Å². The smallest absolute Gasteiger partial charge is 0.0449 e. The van der Waals surface area contributed by atoms with Crippen molar-refractivity contribution in [1.29, 1.82) is 0 Å². The molecule has 1 aliphatic heterocycles. The molecule has 2 rings (SSSR count). The van der Waals surface area contributed by atoms with Crippen LogP contribution < -0.4 is 5.32 Å². The number of hydrogen-bond acceptors (Lipinski definition) is 3. The molecule has 3 unspecified atom stereocenters. The summed E-state index contributed by atoms with van der Waals surface area (Å²) in [5, 5.41) is 3.51. The first-order valence-electron chi connectivity index (χ1n) is 8.11. The predicted molar refractivity (Wildman–Crippen MR) is 90.8 cm³/mol. The van der Waals surface area contributed by atoms with Crippen molar-refractivity contribution >= 4 is 0 Å². The van der Waals surface area contributed by atoms with Gasteiger partial charge in [-0.25, -0.2) is 0 Å². The van der Waals surface area contributed by atoms with E-state index in [0.29, 0.717) is 18.1 Å². The molecule has 0 bridgehead atoms. The number of piperazine rings is 1. The van der Waals surface area contributed by atoms with Crippen LogP contribution in [-0.2, 0) is 0 Å². The number of rotatable bonds is 4. The molecule has 0 radical (unpaired) electrons. The first-order valence-corrected chi connectivity index (χ1v) is 8.11. The molecular weight excluding hydrogens is 258 g/mol. The lowest BCUT2D eigenvalue weighted by Gasteiger charge is -2.43. The van der Waals surface area contributed by atoms with Gasteiger partial charge in [-0.15, -0.1) is 0 Å². The number of hydrogen-bond donors (Lipinski definition) is 1. The molecule has 3 atom stereocenters. The Morgan fingerprint density at radius 2 is 1.81 bits per heavy atom. The van der Waals surface area contributed by atoms with Gasteiger partial charge < -0.3 is 5.32 Å². The Morgan fingerprint density at radius 3 is 2.33 bits per heavy atom. The second-order valence-electron chi connectivity index (χ2n) is 6.78. The average molecular weight is 289 g/mol. The minimum Gasteiger partial charge on any atom is -0.312 e. The summed E-state index contributed by atoms with van der Waals surface area (Å²) in [6.45, 7) is 12.4. The summed E-state index contributed by atoms with van der Waals surface area (Å²) < 4.78 is 0. The van der Waals surface area contributed by atoms with Gasteiger partial charge in [-0.2, -0.15) is 0 Å². The van der Waals surface area contributed by atoms with Crippen molar-refractivity contribution in [3.05, 3.63) is 34.9 Å². The molecule has 1 fully saturated rings. The predicted octanol–water partition coefficient (Wildman–Crippen LogP) is 2.59. The summed E-state index contributed by atoms with van der Waals surface area (Å²) in [5.41, 5.74) is 4.17. The Hall–Kier alpha value is -0.900. The maximum atomic E-state index is 3.51. The van der Waals surface area contributed by atoms with E-state index in [1.54, 1.807) is 0 Å². The Balaban J connectivity index is 2.09. The van der Waals surface area contributed by atoms with Gasteiger partial charge in [-0.05, 0) is 52.9 Å². The van der Waals surface area contributed by atoms with Gasteiger partial charge in [0.25, 0.3) is 0 Å². The third-order valence-electron chi connectivity index (χ3n) is 5.03. The monoisotopic (exact) mass is 289 g/mol. The standard InChI is InChI=1S/C18H31N3/c1-13-7-8-17(14(2)9-13)18(19-5)12-21-10-15(3)20(6)16(4)11-21/h7-9,15-16,18-19H,10-12H2,1-6H3. The lowest BCUT2D eigenvalue weighted by Crippen LogP contribution is -2.56. The zero-order chi connectivity index (χ0) is 15.6. The second kappa shape index (κ2) is 6.91. The maximum Gasteiger partial charge on any atom is 0.0449 e. The van der Waals surface area contributed by atoms with E-state index in [2.05, 4.69) is 75.1 Å². The van der Waals surface area contributed by atoms with Crippen LogP contribution in [0, 0.1) is 13.8 Å². The molecule has 0 amide bonds.